The number of H-pyrrole nitrogens is 2. The Kier molecular flexibility index (Phi) is 4.11. The van der Waals surface area contributed by atoms with Gasteiger partial charge >= 0.3 is 0 Å². The van der Waals surface area contributed by atoms with Gasteiger partial charge in [0.05, 0.1) is 12.7 Å². The van der Waals surface area contributed by atoms with Crippen LogP contribution in [-0.4, -0.2) is 43.0 Å². The Hall–Kier alpha value is -3.56. The molecule has 22 heavy (non-hydrogen) atoms. The average Bonchev–Trinajstić information content (AvgIpc) is 3.22. The van der Waals surface area contributed by atoms with Crippen LogP contribution < -0.4 is 10.6 Å². The van der Waals surface area contributed by atoms with Gasteiger partial charge in [0.2, 0.25) is 11.9 Å². The SMILES string of the molecule is C(=N\c1ncn[nH]1)/Nc1ccc(N/C=N/c2ncn[nH]2)cc1. The second-order valence-electron chi connectivity index (χ2n) is 4.00. The molecule has 0 saturated heterocycles. The van der Waals surface area contributed by atoms with E-state index in [4.69, 9.17) is 0 Å². The Bertz CT molecular complexity index is 662. The quantitative estimate of drug-likeness (QED) is 0.402. The second-order valence-corrected chi connectivity index (χ2v) is 4.00. The first-order valence-electron chi connectivity index (χ1n) is 6.29. The lowest BCUT2D eigenvalue weighted by atomic mass is 10.3. The first kappa shape index (κ1) is 13.4. The summed E-state index contributed by atoms with van der Waals surface area (Å²) in [5, 5.41) is 18.7. The smallest absolute Gasteiger partial charge is 0.246 e. The number of rotatable bonds is 6. The van der Waals surface area contributed by atoms with Gasteiger partial charge in [0.15, 0.2) is 0 Å². The maximum atomic E-state index is 4.04. The van der Waals surface area contributed by atoms with Crippen molar-refractivity contribution in [2.75, 3.05) is 10.6 Å². The van der Waals surface area contributed by atoms with E-state index >= 15 is 0 Å². The lowest BCUT2D eigenvalue weighted by molar-refractivity contribution is 1.08. The highest BCUT2D eigenvalue weighted by Gasteiger charge is 1.93. The van der Waals surface area contributed by atoms with Gasteiger partial charge in [0.1, 0.15) is 12.7 Å². The lowest BCUT2D eigenvalue weighted by Gasteiger charge is -2.02. The van der Waals surface area contributed by atoms with Gasteiger partial charge < -0.3 is 10.6 Å². The van der Waals surface area contributed by atoms with Gasteiger partial charge in [-0.1, -0.05) is 0 Å². The third-order valence-electron chi connectivity index (χ3n) is 2.53. The molecule has 4 N–H and O–H groups in total. The highest BCUT2D eigenvalue weighted by Crippen LogP contribution is 2.12. The molecule has 0 saturated carbocycles. The van der Waals surface area contributed by atoms with Crippen LogP contribution in [-0.2, 0) is 0 Å². The van der Waals surface area contributed by atoms with Crippen LogP contribution in [0.2, 0.25) is 0 Å². The van der Waals surface area contributed by atoms with E-state index in [9.17, 15) is 0 Å². The molecule has 0 bridgehead atoms. The molecule has 10 heteroatoms. The molecule has 3 aromatic rings. The fraction of sp³-hybridized carbons (Fsp3) is 0. The molecule has 0 unspecified atom stereocenters. The summed E-state index contributed by atoms with van der Waals surface area (Å²) in [5.41, 5.74) is 1.78. The largest absolute Gasteiger partial charge is 0.346 e. The molecule has 1 aromatic carbocycles. The topological polar surface area (TPSA) is 132 Å². The number of nitrogens with zero attached hydrogens (tertiary/aromatic N) is 6. The van der Waals surface area contributed by atoms with Crippen LogP contribution in [0.4, 0.5) is 23.3 Å². The maximum absolute atomic E-state index is 4.04. The zero-order chi connectivity index (χ0) is 15.0. The van der Waals surface area contributed by atoms with Crippen molar-refractivity contribution in [2.24, 2.45) is 9.98 Å². The molecule has 2 heterocycles. The van der Waals surface area contributed by atoms with Crippen molar-refractivity contribution < 1.29 is 0 Å². The molecule has 0 aliphatic rings. The number of aromatic nitrogens is 6. The minimum absolute atomic E-state index is 0.439. The van der Waals surface area contributed by atoms with Crippen molar-refractivity contribution in [2.45, 2.75) is 0 Å². The Labute approximate surface area is 124 Å². The standard InChI is InChI=1S/C12H12N10/c1-2-10(14-6-16-12-18-8-20-22-12)4-3-9(1)13-5-15-11-17-7-19-21-11/h1-8H,(H2,13,15,17,19,21)(H2,14,16,18,20,22). The van der Waals surface area contributed by atoms with E-state index in [-0.39, 0.29) is 0 Å². The average molecular weight is 296 g/mol. The number of hydrogen-bond donors (Lipinski definition) is 4. The van der Waals surface area contributed by atoms with Crippen LogP contribution in [0.5, 0.6) is 0 Å². The lowest BCUT2D eigenvalue weighted by Crippen LogP contribution is -1.97. The molecule has 2 aromatic heterocycles. The van der Waals surface area contributed by atoms with Crippen LogP contribution in [0.15, 0.2) is 46.9 Å². The van der Waals surface area contributed by atoms with Gasteiger partial charge in [-0.3, -0.25) is 0 Å². The fourth-order valence-corrected chi connectivity index (χ4v) is 1.52. The number of aliphatic imine (C=N–C) groups is 2. The fourth-order valence-electron chi connectivity index (χ4n) is 1.52. The minimum Gasteiger partial charge on any atom is -0.346 e. The summed E-state index contributed by atoms with van der Waals surface area (Å²) in [5.74, 6) is 0.879. The molecule has 0 fully saturated rings. The maximum Gasteiger partial charge on any atom is 0.246 e. The number of aromatic amines is 2. The highest BCUT2D eigenvalue weighted by molar-refractivity contribution is 5.80. The zero-order valence-corrected chi connectivity index (χ0v) is 11.3. The number of anilines is 2. The van der Waals surface area contributed by atoms with Crippen LogP contribution >= 0.6 is 0 Å². The van der Waals surface area contributed by atoms with Gasteiger partial charge in [-0.05, 0) is 24.3 Å². The van der Waals surface area contributed by atoms with Crippen molar-refractivity contribution in [3.63, 3.8) is 0 Å². The summed E-state index contributed by atoms with van der Waals surface area (Å²) in [6.45, 7) is 0. The van der Waals surface area contributed by atoms with Crippen LogP contribution in [0.3, 0.4) is 0 Å². The predicted octanol–water partition coefficient (Wildman–Crippen LogP) is 1.47. The van der Waals surface area contributed by atoms with Gasteiger partial charge in [0.25, 0.3) is 0 Å². The van der Waals surface area contributed by atoms with Crippen molar-refractivity contribution in [1.29, 1.82) is 0 Å². The molecule has 0 amide bonds. The molecule has 3 rings (SSSR count). The highest BCUT2D eigenvalue weighted by atomic mass is 15.3. The molecular formula is C12H12N10. The Balaban J connectivity index is 1.51. The van der Waals surface area contributed by atoms with Crippen LogP contribution in [0.1, 0.15) is 0 Å². The summed E-state index contributed by atoms with van der Waals surface area (Å²) in [7, 11) is 0. The Morgan fingerprint density at radius 2 is 1.23 bits per heavy atom. The van der Waals surface area contributed by atoms with E-state index < -0.39 is 0 Å². The number of benzene rings is 1. The summed E-state index contributed by atoms with van der Waals surface area (Å²) in [6.07, 6.45) is 5.86. The normalized spacial score (nSPS) is 11.3. The van der Waals surface area contributed by atoms with E-state index in [2.05, 4.69) is 51.0 Å². The molecule has 110 valence electrons. The molecule has 0 radical (unpaired) electrons. The molecule has 10 nitrogen and oxygen atoms in total. The molecule has 0 aliphatic heterocycles. The monoisotopic (exact) mass is 296 g/mol. The Morgan fingerprint density at radius 1 is 0.773 bits per heavy atom. The van der Waals surface area contributed by atoms with Gasteiger partial charge in [-0.25, -0.2) is 20.2 Å². The third kappa shape index (κ3) is 3.72. The van der Waals surface area contributed by atoms with Gasteiger partial charge in [-0.15, -0.1) is 0 Å². The van der Waals surface area contributed by atoms with Crippen LogP contribution in [0.25, 0.3) is 0 Å². The van der Waals surface area contributed by atoms with Crippen LogP contribution in [0, 0.1) is 0 Å². The Morgan fingerprint density at radius 3 is 1.59 bits per heavy atom. The number of hydrogen-bond acceptors (Lipinski definition) is 6. The second kappa shape index (κ2) is 6.74. The van der Waals surface area contributed by atoms with Crippen molar-refractivity contribution >= 4 is 35.9 Å². The van der Waals surface area contributed by atoms with Crippen molar-refractivity contribution in [3.05, 3.63) is 36.9 Å². The molecule has 0 atom stereocenters. The first-order valence-corrected chi connectivity index (χ1v) is 6.29. The summed E-state index contributed by atoms with van der Waals surface area (Å²) in [6, 6.07) is 7.60. The predicted molar refractivity (Wildman–Crippen MR) is 82.8 cm³/mol. The summed E-state index contributed by atoms with van der Waals surface area (Å²) in [4.78, 5) is 15.8. The van der Waals surface area contributed by atoms with E-state index in [1.807, 2.05) is 24.3 Å². The summed E-state index contributed by atoms with van der Waals surface area (Å²) < 4.78 is 0. The van der Waals surface area contributed by atoms with E-state index in [1.165, 1.54) is 25.3 Å². The summed E-state index contributed by atoms with van der Waals surface area (Å²) >= 11 is 0. The van der Waals surface area contributed by atoms with Crippen molar-refractivity contribution in [1.82, 2.24) is 30.4 Å². The van der Waals surface area contributed by atoms with Gasteiger partial charge in [0, 0.05) is 11.4 Å². The first-order chi connectivity index (χ1) is 10.9. The third-order valence-corrected chi connectivity index (χ3v) is 2.53. The van der Waals surface area contributed by atoms with E-state index in [0.717, 1.165) is 11.4 Å². The van der Waals surface area contributed by atoms with Gasteiger partial charge in [-0.2, -0.15) is 20.2 Å². The molecule has 0 aliphatic carbocycles. The molecular weight excluding hydrogens is 284 g/mol. The van der Waals surface area contributed by atoms with E-state index in [1.54, 1.807) is 0 Å². The minimum atomic E-state index is 0.439. The molecule has 0 spiro atoms. The van der Waals surface area contributed by atoms with Crippen molar-refractivity contribution in [3.8, 4) is 0 Å². The zero-order valence-electron chi connectivity index (χ0n) is 11.3. The number of nitrogens with one attached hydrogen (secondary N) is 4. The van der Waals surface area contributed by atoms with E-state index in [0.29, 0.717) is 11.9 Å².